The highest BCUT2D eigenvalue weighted by Gasteiger charge is 2.16. The molecular weight excluding hydrogens is 717 g/mol. The van der Waals surface area contributed by atoms with Gasteiger partial charge < -0.3 is 17.9 Å². The smallest absolute Gasteiger partial charge is 0.277 e. The Hall–Kier alpha value is -5.04. The second-order valence-corrected chi connectivity index (χ2v) is 14.6. The third kappa shape index (κ3) is 8.39. The van der Waals surface area contributed by atoms with Crippen LogP contribution in [-0.2, 0) is 11.5 Å². The Morgan fingerprint density at radius 2 is 1.02 bits per heavy atom. The molecule has 0 atom stereocenters. The molecule has 0 radical (unpaired) electrons. The number of thioether (sulfide) groups is 2. The van der Waals surface area contributed by atoms with Crippen LogP contribution in [0.15, 0.2) is 87.6 Å². The molecule has 8 rings (SSSR count). The minimum absolute atomic E-state index is 0.417. The van der Waals surface area contributed by atoms with Gasteiger partial charge in [0.1, 0.15) is 11.4 Å². The molecule has 6 aromatic heterocycles. The lowest BCUT2D eigenvalue weighted by atomic mass is 10.1. The van der Waals surface area contributed by atoms with Crippen molar-refractivity contribution in [2.24, 2.45) is 0 Å². The number of aromatic nitrogens is 10. The summed E-state index contributed by atoms with van der Waals surface area (Å²) in [5.74, 6) is 3.95. The molecule has 0 spiro atoms. The van der Waals surface area contributed by atoms with Crippen LogP contribution in [0.1, 0.15) is 32.8 Å². The summed E-state index contributed by atoms with van der Waals surface area (Å²) in [5, 5.41) is 30.7. The predicted octanol–water partition coefficient (Wildman–Crippen LogP) is 8.30. The molecular formula is C32H26N10O4S4. The van der Waals surface area contributed by atoms with E-state index in [1.54, 1.807) is 22.7 Å². The van der Waals surface area contributed by atoms with Crippen LogP contribution in [0.2, 0.25) is 0 Å². The number of hydrogen-bond donors (Lipinski definition) is 0. The summed E-state index contributed by atoms with van der Waals surface area (Å²) >= 11 is 5.80. The van der Waals surface area contributed by atoms with Crippen LogP contribution in [-0.4, -0.2) is 50.6 Å². The lowest BCUT2D eigenvalue weighted by Crippen LogP contribution is -1.84. The molecule has 2 aromatic carbocycles. The normalized spacial score (nSPS) is 11.1. The zero-order valence-corrected chi connectivity index (χ0v) is 30.2. The maximum absolute atomic E-state index is 5.61. The molecule has 0 aliphatic rings. The van der Waals surface area contributed by atoms with Crippen molar-refractivity contribution in [3.8, 4) is 46.1 Å². The monoisotopic (exact) mass is 742 g/mol. The number of aryl methyl sites for hydroxylation is 4. The molecule has 252 valence electrons. The first-order chi connectivity index (χ1) is 24.3. The molecule has 6 heterocycles. The summed E-state index contributed by atoms with van der Waals surface area (Å²) in [7, 11) is 0. The number of benzene rings is 2. The molecule has 0 saturated carbocycles. The van der Waals surface area contributed by atoms with Gasteiger partial charge in [0.2, 0.25) is 0 Å². The Labute approximate surface area is 301 Å². The van der Waals surface area contributed by atoms with Crippen molar-refractivity contribution in [2.45, 2.75) is 49.6 Å². The summed E-state index contributed by atoms with van der Waals surface area (Å²) in [4.78, 5) is 17.5. The van der Waals surface area contributed by atoms with Crippen molar-refractivity contribution in [3.05, 3.63) is 92.1 Å². The molecule has 0 N–H and O–H groups in total. The summed E-state index contributed by atoms with van der Waals surface area (Å²) in [6.45, 7) is 7.91. The highest BCUT2D eigenvalue weighted by molar-refractivity contribution is 7.98. The maximum atomic E-state index is 5.61. The van der Waals surface area contributed by atoms with Gasteiger partial charge in [-0.15, -0.1) is 43.1 Å². The second-order valence-electron chi connectivity index (χ2n) is 10.6. The minimum Gasteiger partial charge on any atom is -0.410 e. The van der Waals surface area contributed by atoms with Gasteiger partial charge in [-0.1, -0.05) is 69.2 Å². The van der Waals surface area contributed by atoms with Gasteiger partial charge in [0.15, 0.2) is 11.6 Å². The summed E-state index contributed by atoms with van der Waals surface area (Å²) in [6.07, 6.45) is 0. The van der Waals surface area contributed by atoms with E-state index >= 15 is 0 Å². The van der Waals surface area contributed by atoms with E-state index in [0.29, 0.717) is 68.6 Å². The predicted molar refractivity (Wildman–Crippen MR) is 188 cm³/mol. The van der Waals surface area contributed by atoms with Gasteiger partial charge in [-0.3, -0.25) is 0 Å². The summed E-state index contributed by atoms with van der Waals surface area (Å²) < 4.78 is 21.9. The fourth-order valence-corrected chi connectivity index (χ4v) is 6.72. The van der Waals surface area contributed by atoms with Gasteiger partial charge >= 0.3 is 0 Å². The largest absolute Gasteiger partial charge is 0.410 e. The first-order valence-corrected chi connectivity index (χ1v) is 18.6. The van der Waals surface area contributed by atoms with E-state index in [1.165, 1.54) is 23.5 Å². The molecule has 0 bridgehead atoms. The van der Waals surface area contributed by atoms with E-state index in [9.17, 15) is 0 Å². The maximum Gasteiger partial charge on any atom is 0.277 e. The average Bonchev–Trinajstić information content (AvgIpc) is 3.95. The lowest BCUT2D eigenvalue weighted by molar-refractivity contribution is 0.424. The van der Waals surface area contributed by atoms with Crippen LogP contribution in [0, 0.1) is 27.7 Å². The molecule has 0 aliphatic carbocycles. The van der Waals surface area contributed by atoms with Gasteiger partial charge in [0, 0.05) is 21.9 Å². The molecule has 8 aromatic rings. The molecule has 0 amide bonds. The van der Waals surface area contributed by atoms with Gasteiger partial charge in [-0.25, -0.2) is 9.97 Å². The molecule has 0 aliphatic heterocycles. The average molecular weight is 743 g/mol. The Morgan fingerprint density at radius 1 is 0.560 bits per heavy atom. The summed E-state index contributed by atoms with van der Waals surface area (Å²) in [5.41, 5.74) is 5.49. The standard InChI is InChI=1S/2C16H13N5O2S2/c2*1-9-4-3-5-11(6-9)14-18-13(21-23-14)8-25-16-20-19-15(22-16)12-7-24-10(2)17-12/h2*3-7H,8H2,1-2H3. The minimum atomic E-state index is 0.417. The van der Waals surface area contributed by atoms with Gasteiger partial charge in [0.25, 0.3) is 34.0 Å². The molecule has 0 unspecified atom stereocenters. The van der Waals surface area contributed by atoms with Crippen molar-refractivity contribution < 1.29 is 17.9 Å². The molecule has 0 saturated heterocycles. The van der Waals surface area contributed by atoms with Gasteiger partial charge in [-0.2, -0.15) is 9.97 Å². The van der Waals surface area contributed by atoms with Crippen LogP contribution >= 0.6 is 46.2 Å². The Bertz CT molecular complexity index is 2180. The van der Waals surface area contributed by atoms with Crippen LogP contribution in [0.4, 0.5) is 0 Å². The van der Waals surface area contributed by atoms with E-state index in [0.717, 1.165) is 32.3 Å². The van der Waals surface area contributed by atoms with E-state index in [-0.39, 0.29) is 0 Å². The van der Waals surface area contributed by atoms with Crippen LogP contribution < -0.4 is 0 Å². The molecule has 50 heavy (non-hydrogen) atoms. The highest BCUT2D eigenvalue weighted by atomic mass is 32.2. The first-order valence-electron chi connectivity index (χ1n) is 14.9. The highest BCUT2D eigenvalue weighted by Crippen LogP contribution is 2.28. The van der Waals surface area contributed by atoms with Crippen molar-refractivity contribution in [3.63, 3.8) is 0 Å². The third-order valence-corrected chi connectivity index (χ3v) is 9.78. The fourth-order valence-electron chi connectivity index (χ4n) is 4.33. The summed E-state index contributed by atoms with van der Waals surface area (Å²) in [6, 6.07) is 15.9. The number of hydrogen-bond acceptors (Lipinski definition) is 18. The van der Waals surface area contributed by atoms with Crippen molar-refractivity contribution in [1.82, 2.24) is 50.6 Å². The quantitative estimate of drug-likeness (QED) is 0.122. The molecule has 14 nitrogen and oxygen atoms in total. The van der Waals surface area contributed by atoms with E-state index < -0.39 is 0 Å². The van der Waals surface area contributed by atoms with Crippen LogP contribution in [0.5, 0.6) is 0 Å². The van der Waals surface area contributed by atoms with Crippen molar-refractivity contribution in [2.75, 3.05) is 0 Å². The first kappa shape index (κ1) is 33.5. The Balaban J connectivity index is 0.000000157. The number of nitrogens with zero attached hydrogens (tertiary/aromatic N) is 10. The van der Waals surface area contributed by atoms with E-state index in [4.69, 9.17) is 17.9 Å². The van der Waals surface area contributed by atoms with Gasteiger partial charge in [0.05, 0.1) is 21.5 Å². The Kier molecular flexibility index (Phi) is 10.2. The molecule has 18 heteroatoms. The van der Waals surface area contributed by atoms with Crippen molar-refractivity contribution in [1.29, 1.82) is 0 Å². The Morgan fingerprint density at radius 3 is 1.42 bits per heavy atom. The van der Waals surface area contributed by atoms with E-state index in [2.05, 4.69) is 50.6 Å². The second kappa shape index (κ2) is 15.2. The topological polar surface area (TPSA) is 181 Å². The van der Waals surface area contributed by atoms with Gasteiger partial charge in [-0.05, 0) is 52.0 Å². The van der Waals surface area contributed by atoms with Crippen LogP contribution in [0.3, 0.4) is 0 Å². The zero-order valence-electron chi connectivity index (χ0n) is 26.9. The zero-order chi connectivity index (χ0) is 34.5. The number of thiazole rings is 2. The SMILES string of the molecule is Cc1cccc(-c2nc(CSc3nnc(-c4csc(C)n4)o3)no2)c1.Cc1cccc(-c2nc(CSc3nnc(-c4csc(C)n4)o3)no2)c1. The third-order valence-electron chi connectivity index (χ3n) is 6.60. The molecule has 0 fully saturated rings. The van der Waals surface area contributed by atoms with Crippen molar-refractivity contribution >= 4 is 46.2 Å². The van der Waals surface area contributed by atoms with Crippen LogP contribution in [0.25, 0.3) is 46.1 Å². The fraction of sp³-hybridized carbons (Fsp3) is 0.188. The number of rotatable bonds is 10. The van der Waals surface area contributed by atoms with E-state index in [1.807, 2.05) is 87.0 Å². The lowest BCUT2D eigenvalue weighted by Gasteiger charge is -1.95.